The highest BCUT2D eigenvalue weighted by Gasteiger charge is 1.97. The van der Waals surface area contributed by atoms with E-state index >= 15 is 0 Å². The molecule has 0 saturated carbocycles. The molecule has 0 aliphatic rings. The second-order valence-electron chi connectivity index (χ2n) is 2.54. The monoisotopic (exact) mass is 196 g/mol. The van der Waals surface area contributed by atoms with Crippen molar-refractivity contribution in [2.75, 3.05) is 0 Å². The van der Waals surface area contributed by atoms with Gasteiger partial charge in [0.2, 0.25) is 0 Å². The molecule has 2 N–H and O–H groups in total. The van der Waals surface area contributed by atoms with E-state index in [1.165, 1.54) is 6.07 Å². The summed E-state index contributed by atoms with van der Waals surface area (Å²) < 4.78 is 0. The Bertz CT molecular complexity index is 418. The minimum atomic E-state index is -0.103. The standard InChI is InChI=1S/C9H8N2O.ClH/c12-9-6-8(10-11-9)7-4-2-1-3-5-7;/h1-6H,(H2,10,11,12);1H. The zero-order valence-electron chi connectivity index (χ0n) is 6.78. The lowest BCUT2D eigenvalue weighted by Crippen LogP contribution is -1.93. The van der Waals surface area contributed by atoms with Crippen LogP contribution in [0.25, 0.3) is 11.3 Å². The Morgan fingerprint density at radius 2 is 1.69 bits per heavy atom. The van der Waals surface area contributed by atoms with Crippen LogP contribution in [0.1, 0.15) is 0 Å². The van der Waals surface area contributed by atoms with E-state index in [4.69, 9.17) is 0 Å². The van der Waals surface area contributed by atoms with Crippen LogP contribution in [0.3, 0.4) is 0 Å². The molecule has 1 heterocycles. The second-order valence-corrected chi connectivity index (χ2v) is 2.54. The second kappa shape index (κ2) is 3.96. The number of hydrogen-bond acceptors (Lipinski definition) is 1. The van der Waals surface area contributed by atoms with Crippen LogP contribution in [-0.2, 0) is 0 Å². The average Bonchev–Trinajstić information content (AvgIpc) is 2.54. The molecule has 4 heteroatoms. The lowest BCUT2D eigenvalue weighted by molar-refractivity contribution is 1.06. The van der Waals surface area contributed by atoms with E-state index in [2.05, 4.69) is 10.2 Å². The molecule has 0 bridgehead atoms. The molecular formula is C9H9ClN2O. The minimum absolute atomic E-state index is 0. The van der Waals surface area contributed by atoms with Crippen LogP contribution in [0.4, 0.5) is 0 Å². The number of rotatable bonds is 1. The average molecular weight is 197 g/mol. The molecule has 0 fully saturated rings. The summed E-state index contributed by atoms with van der Waals surface area (Å²) in [6.07, 6.45) is 0. The Morgan fingerprint density at radius 3 is 2.23 bits per heavy atom. The SMILES string of the molecule is Cl.O=c1cc(-c2ccccc2)[nH][nH]1. The zero-order chi connectivity index (χ0) is 8.39. The number of benzene rings is 1. The van der Waals surface area contributed by atoms with Crippen molar-refractivity contribution in [2.45, 2.75) is 0 Å². The lowest BCUT2D eigenvalue weighted by atomic mass is 10.2. The van der Waals surface area contributed by atoms with Gasteiger partial charge in [-0.15, -0.1) is 12.4 Å². The summed E-state index contributed by atoms with van der Waals surface area (Å²) >= 11 is 0. The molecule has 0 spiro atoms. The largest absolute Gasteiger partial charge is 0.298 e. The Kier molecular flexibility index (Phi) is 2.93. The molecule has 0 atom stereocenters. The maximum Gasteiger partial charge on any atom is 0.264 e. The summed E-state index contributed by atoms with van der Waals surface area (Å²) in [5.41, 5.74) is 1.73. The Hall–Kier alpha value is -1.48. The molecule has 1 aromatic heterocycles. The van der Waals surface area contributed by atoms with Crippen molar-refractivity contribution in [3.8, 4) is 11.3 Å². The van der Waals surface area contributed by atoms with Crippen LogP contribution < -0.4 is 5.56 Å². The predicted molar refractivity (Wildman–Crippen MR) is 54.1 cm³/mol. The van der Waals surface area contributed by atoms with Gasteiger partial charge in [-0.3, -0.25) is 15.0 Å². The first-order chi connectivity index (χ1) is 5.86. The summed E-state index contributed by atoms with van der Waals surface area (Å²) in [4.78, 5) is 10.8. The summed E-state index contributed by atoms with van der Waals surface area (Å²) in [5, 5.41) is 5.27. The smallest absolute Gasteiger partial charge is 0.264 e. The Morgan fingerprint density at radius 1 is 1.00 bits per heavy atom. The van der Waals surface area contributed by atoms with E-state index in [1.54, 1.807) is 0 Å². The van der Waals surface area contributed by atoms with Crippen molar-refractivity contribution in [2.24, 2.45) is 0 Å². The molecule has 0 unspecified atom stereocenters. The van der Waals surface area contributed by atoms with Crippen LogP contribution >= 0.6 is 12.4 Å². The third-order valence-corrected chi connectivity index (χ3v) is 1.68. The molecule has 0 amide bonds. The zero-order valence-corrected chi connectivity index (χ0v) is 7.60. The highest BCUT2D eigenvalue weighted by atomic mass is 35.5. The van der Waals surface area contributed by atoms with Gasteiger partial charge in [-0.1, -0.05) is 30.3 Å². The van der Waals surface area contributed by atoms with Gasteiger partial charge in [-0.2, -0.15) is 0 Å². The molecule has 1 aromatic carbocycles. The molecule has 0 radical (unpaired) electrons. The summed E-state index contributed by atoms with van der Waals surface area (Å²) in [5.74, 6) is 0. The fourth-order valence-electron chi connectivity index (χ4n) is 1.11. The van der Waals surface area contributed by atoms with Gasteiger partial charge in [-0.05, 0) is 5.56 Å². The van der Waals surface area contributed by atoms with Crippen molar-refractivity contribution < 1.29 is 0 Å². The highest BCUT2D eigenvalue weighted by Crippen LogP contribution is 2.12. The van der Waals surface area contributed by atoms with Gasteiger partial charge in [0.1, 0.15) is 0 Å². The highest BCUT2D eigenvalue weighted by molar-refractivity contribution is 5.85. The molecule has 0 aliphatic carbocycles. The van der Waals surface area contributed by atoms with Crippen molar-refractivity contribution in [3.63, 3.8) is 0 Å². The van der Waals surface area contributed by atoms with E-state index in [9.17, 15) is 4.79 Å². The van der Waals surface area contributed by atoms with Crippen molar-refractivity contribution >= 4 is 12.4 Å². The number of nitrogens with one attached hydrogen (secondary N) is 2. The van der Waals surface area contributed by atoms with Gasteiger partial charge >= 0.3 is 0 Å². The van der Waals surface area contributed by atoms with Crippen LogP contribution in [0.15, 0.2) is 41.2 Å². The molecule has 0 aliphatic heterocycles. The van der Waals surface area contributed by atoms with E-state index in [0.29, 0.717) is 0 Å². The predicted octanol–water partition coefficient (Wildman–Crippen LogP) is 1.79. The molecule has 3 nitrogen and oxygen atoms in total. The van der Waals surface area contributed by atoms with E-state index in [1.807, 2.05) is 30.3 Å². The van der Waals surface area contributed by atoms with E-state index in [0.717, 1.165) is 11.3 Å². The number of aromatic amines is 2. The molecule has 2 aromatic rings. The molecule has 2 rings (SSSR count). The number of H-pyrrole nitrogens is 2. The Balaban J connectivity index is 0.000000845. The molecule has 13 heavy (non-hydrogen) atoms. The molecule has 68 valence electrons. The van der Waals surface area contributed by atoms with Gasteiger partial charge in [-0.25, -0.2) is 0 Å². The number of halogens is 1. The van der Waals surface area contributed by atoms with Gasteiger partial charge < -0.3 is 0 Å². The number of hydrogen-bond donors (Lipinski definition) is 2. The third-order valence-electron chi connectivity index (χ3n) is 1.68. The normalized spacial score (nSPS) is 9.23. The first-order valence-electron chi connectivity index (χ1n) is 3.69. The lowest BCUT2D eigenvalue weighted by Gasteiger charge is -1.93. The van der Waals surface area contributed by atoms with Crippen LogP contribution in [0.5, 0.6) is 0 Å². The molecule has 0 saturated heterocycles. The first kappa shape index (κ1) is 9.61. The maximum atomic E-state index is 10.8. The Labute approximate surface area is 81.2 Å². The van der Waals surface area contributed by atoms with Gasteiger partial charge in [0, 0.05) is 6.07 Å². The first-order valence-corrected chi connectivity index (χ1v) is 3.69. The van der Waals surface area contributed by atoms with Crippen LogP contribution in [0.2, 0.25) is 0 Å². The van der Waals surface area contributed by atoms with Gasteiger partial charge in [0.25, 0.3) is 5.56 Å². The van der Waals surface area contributed by atoms with Gasteiger partial charge in [0.15, 0.2) is 0 Å². The number of aromatic nitrogens is 2. The molecular weight excluding hydrogens is 188 g/mol. The summed E-state index contributed by atoms with van der Waals surface area (Å²) in [7, 11) is 0. The van der Waals surface area contributed by atoms with Crippen molar-refractivity contribution in [1.82, 2.24) is 10.2 Å². The fraction of sp³-hybridized carbons (Fsp3) is 0. The third kappa shape index (κ3) is 2.00. The topological polar surface area (TPSA) is 48.6 Å². The van der Waals surface area contributed by atoms with Crippen LogP contribution in [0, 0.1) is 0 Å². The van der Waals surface area contributed by atoms with Crippen LogP contribution in [-0.4, -0.2) is 10.2 Å². The quantitative estimate of drug-likeness (QED) is 0.718. The summed E-state index contributed by atoms with van der Waals surface area (Å²) in [6, 6.07) is 11.2. The van der Waals surface area contributed by atoms with Crippen molar-refractivity contribution in [1.29, 1.82) is 0 Å². The van der Waals surface area contributed by atoms with E-state index < -0.39 is 0 Å². The van der Waals surface area contributed by atoms with Crippen molar-refractivity contribution in [3.05, 3.63) is 46.8 Å². The minimum Gasteiger partial charge on any atom is -0.298 e. The summed E-state index contributed by atoms with van der Waals surface area (Å²) in [6.45, 7) is 0. The van der Waals surface area contributed by atoms with E-state index in [-0.39, 0.29) is 18.0 Å². The fourth-order valence-corrected chi connectivity index (χ4v) is 1.11. The maximum absolute atomic E-state index is 10.8. The van der Waals surface area contributed by atoms with Gasteiger partial charge in [0.05, 0.1) is 5.69 Å².